The molecule has 1 N–H and O–H groups in total. The maximum Gasteiger partial charge on any atom is 0.218 e. The lowest BCUT2D eigenvalue weighted by Crippen LogP contribution is -2.27. The summed E-state index contributed by atoms with van der Waals surface area (Å²) in [5, 5.41) is 3.44. The molecule has 0 saturated carbocycles. The SMILES string of the molecule is COc1nccc2c1COC21CN[C@@H](C)C1. The number of ether oxygens (including phenoxy) is 2. The highest BCUT2D eigenvalue weighted by Crippen LogP contribution is 2.44. The standard InChI is InChI=1S/C12H16N2O2/c1-8-5-12(7-14-8)10-3-4-13-11(15-2)9(10)6-16-12/h3-4,8,14H,5-7H2,1-2H3/t8-,12?/m0/s1. The van der Waals surface area contributed by atoms with Crippen molar-refractivity contribution in [2.24, 2.45) is 0 Å². The van der Waals surface area contributed by atoms with Crippen LogP contribution in [0.3, 0.4) is 0 Å². The number of methoxy groups -OCH3 is 1. The van der Waals surface area contributed by atoms with Crippen LogP contribution < -0.4 is 10.1 Å². The third kappa shape index (κ3) is 1.26. The smallest absolute Gasteiger partial charge is 0.218 e. The number of rotatable bonds is 1. The van der Waals surface area contributed by atoms with Crippen LogP contribution in [0.4, 0.5) is 0 Å². The highest BCUT2D eigenvalue weighted by molar-refractivity contribution is 5.42. The number of hydrogen-bond acceptors (Lipinski definition) is 4. The zero-order valence-corrected chi connectivity index (χ0v) is 9.62. The molecule has 4 heteroatoms. The zero-order chi connectivity index (χ0) is 11.2. The molecule has 1 unspecified atom stereocenters. The number of aromatic nitrogens is 1. The molecule has 1 saturated heterocycles. The van der Waals surface area contributed by atoms with E-state index in [4.69, 9.17) is 9.47 Å². The van der Waals surface area contributed by atoms with Crippen LogP contribution in [0.25, 0.3) is 0 Å². The van der Waals surface area contributed by atoms with E-state index in [-0.39, 0.29) is 5.60 Å². The van der Waals surface area contributed by atoms with Gasteiger partial charge in [-0.3, -0.25) is 0 Å². The van der Waals surface area contributed by atoms with E-state index in [1.807, 2.05) is 0 Å². The van der Waals surface area contributed by atoms with Gasteiger partial charge < -0.3 is 14.8 Å². The van der Waals surface area contributed by atoms with E-state index in [0.717, 1.165) is 18.5 Å². The van der Waals surface area contributed by atoms with Gasteiger partial charge >= 0.3 is 0 Å². The Balaban J connectivity index is 2.06. The van der Waals surface area contributed by atoms with Crippen molar-refractivity contribution in [1.82, 2.24) is 10.3 Å². The molecular weight excluding hydrogens is 204 g/mol. The zero-order valence-electron chi connectivity index (χ0n) is 9.62. The maximum absolute atomic E-state index is 6.00. The minimum atomic E-state index is -0.148. The molecule has 1 fully saturated rings. The molecule has 2 aliphatic heterocycles. The second-order valence-electron chi connectivity index (χ2n) is 4.62. The monoisotopic (exact) mass is 220 g/mol. The molecule has 16 heavy (non-hydrogen) atoms. The van der Waals surface area contributed by atoms with Gasteiger partial charge in [-0.2, -0.15) is 0 Å². The van der Waals surface area contributed by atoms with Crippen LogP contribution in [0.15, 0.2) is 12.3 Å². The number of nitrogens with zero attached hydrogens (tertiary/aromatic N) is 1. The summed E-state index contributed by atoms with van der Waals surface area (Å²) in [6.45, 7) is 3.68. The first-order valence-electron chi connectivity index (χ1n) is 5.65. The van der Waals surface area contributed by atoms with Gasteiger partial charge in [0.25, 0.3) is 0 Å². The predicted molar refractivity (Wildman–Crippen MR) is 59.3 cm³/mol. The van der Waals surface area contributed by atoms with Crippen molar-refractivity contribution in [3.63, 3.8) is 0 Å². The Morgan fingerprint density at radius 3 is 3.19 bits per heavy atom. The Labute approximate surface area is 95.0 Å². The van der Waals surface area contributed by atoms with E-state index in [9.17, 15) is 0 Å². The average Bonchev–Trinajstić information content (AvgIpc) is 2.85. The molecule has 86 valence electrons. The van der Waals surface area contributed by atoms with Crippen molar-refractivity contribution in [3.8, 4) is 5.88 Å². The summed E-state index contributed by atoms with van der Waals surface area (Å²) >= 11 is 0. The lowest BCUT2D eigenvalue weighted by molar-refractivity contribution is -0.0236. The fourth-order valence-corrected chi connectivity index (χ4v) is 2.80. The topological polar surface area (TPSA) is 43.4 Å². The molecular formula is C12H16N2O2. The Hall–Kier alpha value is -1.13. The Morgan fingerprint density at radius 1 is 1.62 bits per heavy atom. The van der Waals surface area contributed by atoms with Crippen molar-refractivity contribution < 1.29 is 9.47 Å². The molecule has 0 aliphatic carbocycles. The highest BCUT2D eigenvalue weighted by atomic mass is 16.5. The summed E-state index contributed by atoms with van der Waals surface area (Å²) in [7, 11) is 1.66. The molecule has 0 amide bonds. The van der Waals surface area contributed by atoms with Crippen LogP contribution >= 0.6 is 0 Å². The Bertz CT molecular complexity index is 421. The number of hydrogen-bond donors (Lipinski definition) is 1. The van der Waals surface area contributed by atoms with Crippen molar-refractivity contribution in [2.75, 3.05) is 13.7 Å². The molecule has 3 rings (SSSR count). The van der Waals surface area contributed by atoms with Gasteiger partial charge in [0.1, 0.15) is 5.60 Å². The molecule has 2 aliphatic rings. The van der Waals surface area contributed by atoms with Crippen LogP contribution in [-0.2, 0) is 16.9 Å². The van der Waals surface area contributed by atoms with Crippen LogP contribution in [0.2, 0.25) is 0 Å². The van der Waals surface area contributed by atoms with Gasteiger partial charge in [-0.25, -0.2) is 4.98 Å². The van der Waals surface area contributed by atoms with Gasteiger partial charge in [-0.05, 0) is 25.0 Å². The summed E-state index contributed by atoms with van der Waals surface area (Å²) in [6, 6.07) is 2.56. The van der Waals surface area contributed by atoms with Gasteiger partial charge in [-0.15, -0.1) is 0 Å². The fraction of sp³-hybridized carbons (Fsp3) is 0.583. The molecule has 1 aromatic rings. The normalized spacial score (nSPS) is 32.0. The van der Waals surface area contributed by atoms with Crippen LogP contribution in [-0.4, -0.2) is 24.7 Å². The van der Waals surface area contributed by atoms with E-state index in [1.54, 1.807) is 13.3 Å². The minimum absolute atomic E-state index is 0.148. The Morgan fingerprint density at radius 2 is 2.50 bits per heavy atom. The molecule has 0 aromatic carbocycles. The van der Waals surface area contributed by atoms with Crippen molar-refractivity contribution in [2.45, 2.75) is 31.6 Å². The summed E-state index contributed by atoms with van der Waals surface area (Å²) < 4.78 is 11.3. The molecule has 3 heterocycles. The third-order valence-electron chi connectivity index (χ3n) is 3.57. The maximum atomic E-state index is 6.00. The van der Waals surface area contributed by atoms with Crippen molar-refractivity contribution in [1.29, 1.82) is 0 Å². The van der Waals surface area contributed by atoms with E-state index >= 15 is 0 Å². The lowest BCUT2D eigenvalue weighted by atomic mass is 9.91. The average molecular weight is 220 g/mol. The first-order valence-corrected chi connectivity index (χ1v) is 5.65. The Kier molecular flexibility index (Phi) is 2.16. The second kappa shape index (κ2) is 3.43. The summed E-state index contributed by atoms with van der Waals surface area (Å²) in [4.78, 5) is 4.22. The first-order chi connectivity index (χ1) is 7.75. The van der Waals surface area contributed by atoms with Crippen LogP contribution in [0, 0.1) is 0 Å². The van der Waals surface area contributed by atoms with E-state index < -0.39 is 0 Å². The van der Waals surface area contributed by atoms with Gasteiger partial charge in [0, 0.05) is 24.3 Å². The van der Waals surface area contributed by atoms with Crippen LogP contribution in [0.1, 0.15) is 24.5 Å². The quantitative estimate of drug-likeness (QED) is 0.772. The number of fused-ring (bicyclic) bond motifs is 2. The first kappa shape index (κ1) is 10.1. The number of nitrogens with one attached hydrogen (secondary N) is 1. The summed E-state index contributed by atoms with van der Waals surface area (Å²) in [5.74, 6) is 0.703. The number of pyridine rings is 1. The van der Waals surface area contributed by atoms with Crippen LogP contribution in [0.5, 0.6) is 5.88 Å². The summed E-state index contributed by atoms with van der Waals surface area (Å²) in [5.41, 5.74) is 2.21. The van der Waals surface area contributed by atoms with E-state index in [2.05, 4.69) is 23.3 Å². The van der Waals surface area contributed by atoms with Gasteiger partial charge in [0.15, 0.2) is 0 Å². The third-order valence-corrected chi connectivity index (χ3v) is 3.57. The van der Waals surface area contributed by atoms with E-state index in [0.29, 0.717) is 18.5 Å². The minimum Gasteiger partial charge on any atom is -0.481 e. The highest BCUT2D eigenvalue weighted by Gasteiger charge is 2.46. The molecule has 1 spiro atoms. The molecule has 4 nitrogen and oxygen atoms in total. The van der Waals surface area contributed by atoms with Crippen molar-refractivity contribution >= 4 is 0 Å². The predicted octanol–water partition coefficient (Wildman–Crippen LogP) is 1.20. The molecule has 1 aromatic heterocycles. The molecule has 2 atom stereocenters. The van der Waals surface area contributed by atoms with Gasteiger partial charge in [0.05, 0.1) is 13.7 Å². The molecule has 0 bridgehead atoms. The van der Waals surface area contributed by atoms with Crippen molar-refractivity contribution in [3.05, 3.63) is 23.4 Å². The summed E-state index contributed by atoms with van der Waals surface area (Å²) in [6.07, 6.45) is 2.82. The largest absolute Gasteiger partial charge is 0.481 e. The molecule has 0 radical (unpaired) electrons. The van der Waals surface area contributed by atoms with E-state index in [1.165, 1.54) is 5.56 Å². The second-order valence-corrected chi connectivity index (χ2v) is 4.62. The van der Waals surface area contributed by atoms with Gasteiger partial charge in [-0.1, -0.05) is 0 Å². The fourth-order valence-electron chi connectivity index (χ4n) is 2.80. The van der Waals surface area contributed by atoms with Gasteiger partial charge in [0.2, 0.25) is 5.88 Å². The lowest BCUT2D eigenvalue weighted by Gasteiger charge is -2.22.